The molecular formula is C20H23N5O. The van der Waals surface area contributed by atoms with Crippen LogP contribution in [-0.4, -0.2) is 26.7 Å². The SMILES string of the molecule is Cc1nn(C)c2ncc(CN3c4ccccc4[C@H](C(N)=O)C[C@H]3C)cc12. The van der Waals surface area contributed by atoms with Gasteiger partial charge in [-0.1, -0.05) is 18.2 Å². The van der Waals surface area contributed by atoms with Gasteiger partial charge in [0.05, 0.1) is 11.6 Å². The summed E-state index contributed by atoms with van der Waals surface area (Å²) >= 11 is 0. The Morgan fingerprint density at radius 1 is 1.35 bits per heavy atom. The summed E-state index contributed by atoms with van der Waals surface area (Å²) in [5.74, 6) is -0.475. The normalized spacial score (nSPS) is 19.6. The Morgan fingerprint density at radius 3 is 2.88 bits per heavy atom. The van der Waals surface area contributed by atoms with Crippen molar-refractivity contribution in [2.45, 2.75) is 38.8 Å². The maximum Gasteiger partial charge on any atom is 0.225 e. The molecule has 134 valence electrons. The van der Waals surface area contributed by atoms with E-state index in [0.29, 0.717) is 0 Å². The van der Waals surface area contributed by atoms with Crippen molar-refractivity contribution in [3.63, 3.8) is 0 Å². The van der Waals surface area contributed by atoms with Gasteiger partial charge in [-0.2, -0.15) is 5.10 Å². The van der Waals surface area contributed by atoms with Crippen molar-refractivity contribution in [1.82, 2.24) is 14.8 Å². The molecule has 1 aliphatic rings. The van der Waals surface area contributed by atoms with Crippen LogP contribution in [0.5, 0.6) is 0 Å². The average molecular weight is 349 g/mol. The standard InChI is InChI=1S/C20H23N5O/c1-12-8-17(19(21)26)15-6-4-5-7-18(15)25(12)11-14-9-16-13(2)23-24(3)20(16)22-10-14/h4-7,9-10,12,17H,8,11H2,1-3H3,(H2,21,26)/t12-,17-/m1/s1. The summed E-state index contributed by atoms with van der Waals surface area (Å²) in [4.78, 5) is 18.8. The molecule has 2 N–H and O–H groups in total. The highest BCUT2D eigenvalue weighted by atomic mass is 16.1. The number of hydrogen-bond donors (Lipinski definition) is 1. The lowest BCUT2D eigenvalue weighted by atomic mass is 9.85. The molecule has 0 fully saturated rings. The number of nitrogens with zero attached hydrogens (tertiary/aromatic N) is 4. The third kappa shape index (κ3) is 2.62. The van der Waals surface area contributed by atoms with E-state index < -0.39 is 0 Å². The Hall–Kier alpha value is -2.89. The summed E-state index contributed by atoms with van der Waals surface area (Å²) in [5, 5.41) is 5.53. The molecule has 4 rings (SSSR count). The number of primary amides is 1. The number of para-hydroxylation sites is 1. The number of anilines is 1. The Bertz CT molecular complexity index is 993. The molecular weight excluding hydrogens is 326 g/mol. The largest absolute Gasteiger partial charge is 0.369 e. The van der Waals surface area contributed by atoms with E-state index in [0.717, 1.165) is 46.5 Å². The van der Waals surface area contributed by atoms with Gasteiger partial charge in [-0.25, -0.2) is 4.98 Å². The predicted octanol–water partition coefficient (Wildman–Crippen LogP) is 2.64. The number of carbonyl (C=O) groups excluding carboxylic acids is 1. The highest BCUT2D eigenvalue weighted by Gasteiger charge is 2.32. The summed E-state index contributed by atoms with van der Waals surface area (Å²) in [6.07, 6.45) is 2.65. The van der Waals surface area contributed by atoms with Crippen molar-refractivity contribution < 1.29 is 4.79 Å². The summed E-state index contributed by atoms with van der Waals surface area (Å²) in [5.41, 5.74) is 10.8. The molecule has 0 aliphatic carbocycles. The molecule has 1 amide bonds. The van der Waals surface area contributed by atoms with Crippen molar-refractivity contribution in [3.05, 3.63) is 53.3 Å². The molecule has 0 saturated carbocycles. The second kappa shape index (κ2) is 6.12. The van der Waals surface area contributed by atoms with E-state index >= 15 is 0 Å². The number of hydrogen-bond acceptors (Lipinski definition) is 4. The first-order chi connectivity index (χ1) is 12.5. The van der Waals surface area contributed by atoms with Crippen LogP contribution in [-0.2, 0) is 18.4 Å². The van der Waals surface area contributed by atoms with Gasteiger partial charge in [0.25, 0.3) is 0 Å². The van der Waals surface area contributed by atoms with Crippen LogP contribution in [0.15, 0.2) is 36.5 Å². The minimum absolute atomic E-state index is 0.216. The molecule has 26 heavy (non-hydrogen) atoms. The fraction of sp³-hybridized carbons (Fsp3) is 0.350. The van der Waals surface area contributed by atoms with Crippen LogP contribution in [0.25, 0.3) is 11.0 Å². The van der Waals surface area contributed by atoms with Crippen LogP contribution < -0.4 is 10.6 Å². The topological polar surface area (TPSA) is 77.0 Å². The van der Waals surface area contributed by atoms with Crippen molar-refractivity contribution in [3.8, 4) is 0 Å². The molecule has 0 bridgehead atoms. The number of aromatic nitrogens is 3. The Kier molecular flexibility index (Phi) is 3.90. The lowest BCUT2D eigenvalue weighted by Crippen LogP contribution is -2.41. The fourth-order valence-corrected chi connectivity index (χ4v) is 4.02. The molecule has 3 aromatic rings. The number of carbonyl (C=O) groups is 1. The first-order valence-corrected chi connectivity index (χ1v) is 8.89. The lowest BCUT2D eigenvalue weighted by molar-refractivity contribution is -0.119. The number of amides is 1. The van der Waals surface area contributed by atoms with Gasteiger partial charge < -0.3 is 10.6 Å². The Labute approximate surface area is 152 Å². The van der Waals surface area contributed by atoms with Gasteiger partial charge in [0.15, 0.2) is 5.65 Å². The summed E-state index contributed by atoms with van der Waals surface area (Å²) in [7, 11) is 1.91. The second-order valence-electron chi connectivity index (χ2n) is 7.15. The molecule has 6 nitrogen and oxygen atoms in total. The van der Waals surface area contributed by atoms with Crippen molar-refractivity contribution in [2.75, 3.05) is 4.90 Å². The number of pyridine rings is 1. The van der Waals surface area contributed by atoms with E-state index in [2.05, 4.69) is 34.0 Å². The van der Waals surface area contributed by atoms with Crippen molar-refractivity contribution >= 4 is 22.6 Å². The van der Waals surface area contributed by atoms with Gasteiger partial charge in [-0.15, -0.1) is 0 Å². The first kappa shape index (κ1) is 16.6. The van der Waals surface area contributed by atoms with E-state index in [1.807, 2.05) is 43.0 Å². The van der Waals surface area contributed by atoms with Crippen LogP contribution in [0.2, 0.25) is 0 Å². The number of fused-ring (bicyclic) bond motifs is 2. The smallest absolute Gasteiger partial charge is 0.225 e. The highest BCUT2D eigenvalue weighted by molar-refractivity contribution is 5.85. The van der Waals surface area contributed by atoms with Crippen LogP contribution in [0.4, 0.5) is 5.69 Å². The van der Waals surface area contributed by atoms with Crippen molar-refractivity contribution in [1.29, 1.82) is 0 Å². The maximum absolute atomic E-state index is 11.9. The average Bonchev–Trinajstić information content (AvgIpc) is 2.90. The van der Waals surface area contributed by atoms with E-state index in [4.69, 9.17) is 5.73 Å². The molecule has 2 aromatic heterocycles. The third-order valence-corrected chi connectivity index (χ3v) is 5.35. The molecule has 0 radical (unpaired) electrons. The number of nitrogens with two attached hydrogens (primary N) is 1. The van der Waals surface area contributed by atoms with E-state index in [9.17, 15) is 4.79 Å². The molecule has 3 heterocycles. The highest BCUT2D eigenvalue weighted by Crippen LogP contribution is 2.39. The zero-order valence-electron chi connectivity index (χ0n) is 15.3. The predicted molar refractivity (Wildman–Crippen MR) is 102 cm³/mol. The fourth-order valence-electron chi connectivity index (χ4n) is 4.02. The van der Waals surface area contributed by atoms with Gasteiger partial charge in [-0.05, 0) is 43.5 Å². The van der Waals surface area contributed by atoms with Crippen molar-refractivity contribution in [2.24, 2.45) is 12.8 Å². The molecule has 0 saturated heterocycles. The summed E-state index contributed by atoms with van der Waals surface area (Å²) in [6, 6.07) is 10.4. The summed E-state index contributed by atoms with van der Waals surface area (Å²) < 4.78 is 1.81. The van der Waals surface area contributed by atoms with E-state index in [-0.39, 0.29) is 17.9 Å². The van der Waals surface area contributed by atoms with Gasteiger partial charge in [0.1, 0.15) is 0 Å². The first-order valence-electron chi connectivity index (χ1n) is 8.89. The van der Waals surface area contributed by atoms with E-state index in [1.165, 1.54) is 0 Å². The number of benzene rings is 1. The Morgan fingerprint density at radius 2 is 2.12 bits per heavy atom. The molecule has 0 spiro atoms. The van der Waals surface area contributed by atoms with Crippen LogP contribution in [0.1, 0.15) is 36.1 Å². The Balaban J connectivity index is 1.72. The van der Waals surface area contributed by atoms with Gasteiger partial charge in [-0.3, -0.25) is 9.48 Å². The zero-order valence-corrected chi connectivity index (χ0v) is 15.3. The monoisotopic (exact) mass is 349 g/mol. The van der Waals surface area contributed by atoms with Gasteiger partial charge in [0.2, 0.25) is 5.91 Å². The minimum Gasteiger partial charge on any atom is -0.369 e. The molecule has 1 aromatic carbocycles. The second-order valence-corrected chi connectivity index (χ2v) is 7.15. The number of aryl methyl sites for hydroxylation is 2. The van der Waals surface area contributed by atoms with Crippen LogP contribution in [0.3, 0.4) is 0 Å². The molecule has 1 aliphatic heterocycles. The number of rotatable bonds is 3. The summed E-state index contributed by atoms with van der Waals surface area (Å²) in [6.45, 7) is 4.89. The molecule has 0 unspecified atom stereocenters. The third-order valence-electron chi connectivity index (χ3n) is 5.35. The van der Waals surface area contributed by atoms with Gasteiger partial charge in [0, 0.05) is 36.9 Å². The minimum atomic E-state index is -0.252. The molecule has 2 atom stereocenters. The zero-order chi connectivity index (χ0) is 18.4. The van der Waals surface area contributed by atoms with E-state index in [1.54, 1.807) is 0 Å². The molecule has 6 heteroatoms. The van der Waals surface area contributed by atoms with Crippen LogP contribution in [0, 0.1) is 6.92 Å². The quantitative estimate of drug-likeness (QED) is 0.788. The van der Waals surface area contributed by atoms with Crippen LogP contribution >= 0.6 is 0 Å². The van der Waals surface area contributed by atoms with Gasteiger partial charge >= 0.3 is 0 Å². The maximum atomic E-state index is 11.9. The lowest BCUT2D eigenvalue weighted by Gasteiger charge is -2.40.